The van der Waals surface area contributed by atoms with Gasteiger partial charge in [0.05, 0.1) is 24.0 Å². The third kappa shape index (κ3) is 3.62. The second-order valence-electron chi connectivity index (χ2n) is 5.62. The summed E-state index contributed by atoms with van der Waals surface area (Å²) < 4.78 is 3.60. The van der Waals surface area contributed by atoms with Gasteiger partial charge >= 0.3 is 0 Å². The number of nitrogens with zero attached hydrogens (tertiary/aromatic N) is 6. The molecule has 0 bridgehead atoms. The highest BCUT2D eigenvalue weighted by Crippen LogP contribution is 2.17. The molecule has 2 N–H and O–H groups in total. The van der Waals surface area contributed by atoms with E-state index >= 15 is 0 Å². The maximum absolute atomic E-state index is 12.5. The van der Waals surface area contributed by atoms with Crippen LogP contribution in [0, 0.1) is 13.8 Å². The van der Waals surface area contributed by atoms with E-state index in [9.17, 15) is 4.79 Å². The van der Waals surface area contributed by atoms with Gasteiger partial charge in [-0.15, -0.1) is 0 Å². The largest absolute Gasteiger partial charge is 0.483 e. The molecule has 4 rings (SSSR count). The average Bonchev–Trinajstić information content (AvgIpc) is 3.25. The van der Waals surface area contributed by atoms with Crippen molar-refractivity contribution in [2.24, 2.45) is 7.05 Å². The van der Waals surface area contributed by atoms with E-state index in [0.717, 1.165) is 21.5 Å². The highest BCUT2D eigenvalue weighted by Gasteiger charge is 2.16. The first-order valence-corrected chi connectivity index (χ1v) is 8.72. The molecule has 11 heteroatoms. The maximum Gasteiger partial charge on any atom is 0.290 e. The van der Waals surface area contributed by atoms with Gasteiger partial charge in [-0.3, -0.25) is 9.59 Å². The van der Waals surface area contributed by atoms with Gasteiger partial charge < -0.3 is 15.0 Å². The summed E-state index contributed by atoms with van der Waals surface area (Å²) in [5, 5.41) is 15.0. The number of imidazole rings is 2. The lowest BCUT2D eigenvalue weighted by atomic mass is 10.2. The summed E-state index contributed by atoms with van der Waals surface area (Å²) in [5.41, 5.74) is 2.59. The van der Waals surface area contributed by atoms with Gasteiger partial charge in [0, 0.05) is 13.2 Å². The van der Waals surface area contributed by atoms with Crippen LogP contribution in [0.5, 0.6) is 0 Å². The van der Waals surface area contributed by atoms with E-state index in [-0.39, 0.29) is 12.4 Å². The summed E-state index contributed by atoms with van der Waals surface area (Å²) >= 11 is 1.52. The Hall–Kier alpha value is -3.34. The number of nitrogens with one attached hydrogen (secondary N) is 1. The summed E-state index contributed by atoms with van der Waals surface area (Å²) in [6.07, 6.45) is 3.45. The van der Waals surface area contributed by atoms with Crippen LogP contribution in [0.25, 0.3) is 16.1 Å². The van der Waals surface area contributed by atoms with Gasteiger partial charge in [-0.1, -0.05) is 11.3 Å². The molecular formula is C16H17N7O3S. The standard InChI is InChI=1S/C15H15N7OS.CH2O2/c1-8-18-12-11(4-5-16-13(12)21(8)3)14(23)17-6-10-7-22-15(19-10)24-9(2)20-22;2-1-3/h4-5,7H,6H2,1-3H3,(H,17,23);1H,(H,2,3). The fourth-order valence-corrected chi connectivity index (χ4v) is 3.31. The van der Waals surface area contributed by atoms with E-state index in [1.165, 1.54) is 11.3 Å². The SMILES string of the molecule is Cc1nn2cc(CNC(=O)c3ccnc4c3nc(C)n4C)nc2s1.O=CO. The summed E-state index contributed by atoms with van der Waals surface area (Å²) in [5.74, 6) is 0.620. The molecule has 4 aromatic heterocycles. The molecule has 4 heterocycles. The zero-order chi connectivity index (χ0) is 19.6. The van der Waals surface area contributed by atoms with Crippen molar-refractivity contribution in [2.75, 3.05) is 0 Å². The molecule has 0 aliphatic carbocycles. The molecule has 0 unspecified atom stereocenters. The molecule has 0 aromatic carbocycles. The summed E-state index contributed by atoms with van der Waals surface area (Å²) in [6.45, 7) is 3.91. The number of hydrogen-bond acceptors (Lipinski definition) is 7. The van der Waals surface area contributed by atoms with Crippen LogP contribution in [0.15, 0.2) is 18.5 Å². The van der Waals surface area contributed by atoms with Gasteiger partial charge in [-0.25, -0.2) is 19.5 Å². The first kappa shape index (κ1) is 18.5. The summed E-state index contributed by atoms with van der Waals surface area (Å²) in [4.78, 5) is 34.9. The van der Waals surface area contributed by atoms with Crippen molar-refractivity contribution < 1.29 is 14.7 Å². The highest BCUT2D eigenvalue weighted by atomic mass is 32.1. The van der Waals surface area contributed by atoms with Crippen LogP contribution < -0.4 is 5.32 Å². The molecule has 0 radical (unpaired) electrons. The van der Waals surface area contributed by atoms with Crippen LogP contribution in [-0.4, -0.2) is 46.6 Å². The average molecular weight is 387 g/mol. The molecule has 0 aliphatic heterocycles. The van der Waals surface area contributed by atoms with Crippen molar-refractivity contribution in [3.63, 3.8) is 0 Å². The smallest absolute Gasteiger partial charge is 0.290 e. The predicted octanol–water partition coefficient (Wildman–Crippen LogP) is 1.32. The van der Waals surface area contributed by atoms with Crippen molar-refractivity contribution in [3.05, 3.63) is 40.5 Å². The molecule has 10 nitrogen and oxygen atoms in total. The van der Waals surface area contributed by atoms with Crippen LogP contribution in [0.2, 0.25) is 0 Å². The third-order valence-corrected chi connectivity index (χ3v) is 4.69. The molecule has 4 aromatic rings. The fraction of sp³-hybridized carbons (Fsp3) is 0.250. The Morgan fingerprint density at radius 1 is 1.37 bits per heavy atom. The van der Waals surface area contributed by atoms with Crippen molar-refractivity contribution in [3.8, 4) is 0 Å². The van der Waals surface area contributed by atoms with Crippen molar-refractivity contribution in [2.45, 2.75) is 20.4 Å². The highest BCUT2D eigenvalue weighted by molar-refractivity contribution is 7.16. The maximum atomic E-state index is 12.5. The van der Waals surface area contributed by atoms with E-state index in [2.05, 4.69) is 25.4 Å². The monoisotopic (exact) mass is 387 g/mol. The molecule has 0 spiro atoms. The molecule has 1 amide bonds. The molecule has 0 aliphatic rings. The van der Waals surface area contributed by atoms with Gasteiger partial charge in [-0.05, 0) is 19.9 Å². The Kier molecular flexibility index (Phi) is 5.12. The summed E-state index contributed by atoms with van der Waals surface area (Å²) in [7, 11) is 1.88. The number of carbonyl (C=O) groups is 2. The van der Waals surface area contributed by atoms with Gasteiger partial charge in [-0.2, -0.15) is 5.10 Å². The van der Waals surface area contributed by atoms with Crippen LogP contribution in [0.1, 0.15) is 26.9 Å². The van der Waals surface area contributed by atoms with Gasteiger partial charge in [0.1, 0.15) is 16.3 Å². The summed E-state index contributed by atoms with van der Waals surface area (Å²) in [6, 6.07) is 1.68. The number of aromatic nitrogens is 6. The molecule has 0 saturated heterocycles. The molecule has 0 atom stereocenters. The van der Waals surface area contributed by atoms with Crippen molar-refractivity contribution in [1.82, 2.24) is 34.4 Å². The Labute approximate surface area is 157 Å². The van der Waals surface area contributed by atoms with Crippen molar-refractivity contribution in [1.29, 1.82) is 0 Å². The third-order valence-electron chi connectivity index (χ3n) is 3.85. The Bertz CT molecular complexity index is 1100. The normalized spacial score (nSPS) is 10.6. The van der Waals surface area contributed by atoms with Gasteiger partial charge in [0.15, 0.2) is 5.65 Å². The number of rotatable bonds is 3. The lowest BCUT2D eigenvalue weighted by Crippen LogP contribution is -2.23. The zero-order valence-electron chi connectivity index (χ0n) is 14.9. The van der Waals surface area contributed by atoms with E-state index in [1.54, 1.807) is 16.8 Å². The minimum atomic E-state index is -0.250. The molecular weight excluding hydrogens is 370 g/mol. The number of carbonyl (C=O) groups excluding carboxylic acids is 1. The number of aryl methyl sites for hydroxylation is 3. The number of hydrogen-bond donors (Lipinski definition) is 2. The van der Waals surface area contributed by atoms with E-state index in [0.29, 0.717) is 23.3 Å². The van der Waals surface area contributed by atoms with Crippen LogP contribution in [0.3, 0.4) is 0 Å². The fourth-order valence-electron chi connectivity index (χ4n) is 2.57. The Morgan fingerprint density at radius 2 is 2.11 bits per heavy atom. The molecule has 27 heavy (non-hydrogen) atoms. The Morgan fingerprint density at radius 3 is 2.81 bits per heavy atom. The van der Waals surface area contributed by atoms with E-state index < -0.39 is 0 Å². The minimum Gasteiger partial charge on any atom is -0.483 e. The second-order valence-corrected chi connectivity index (χ2v) is 6.78. The number of carboxylic acid groups (broad SMARTS) is 1. The van der Waals surface area contributed by atoms with Gasteiger partial charge in [0.25, 0.3) is 12.4 Å². The number of fused-ring (bicyclic) bond motifs is 2. The van der Waals surface area contributed by atoms with Crippen LogP contribution >= 0.6 is 11.3 Å². The predicted molar refractivity (Wildman–Crippen MR) is 98.7 cm³/mol. The van der Waals surface area contributed by atoms with Gasteiger partial charge in [0.2, 0.25) is 4.96 Å². The van der Waals surface area contributed by atoms with Crippen molar-refractivity contribution >= 4 is 39.8 Å². The topological polar surface area (TPSA) is 127 Å². The lowest BCUT2D eigenvalue weighted by molar-refractivity contribution is -0.122. The lowest BCUT2D eigenvalue weighted by Gasteiger charge is -2.04. The van der Waals surface area contributed by atoms with Crippen LogP contribution in [-0.2, 0) is 18.4 Å². The van der Waals surface area contributed by atoms with Crippen LogP contribution in [0.4, 0.5) is 0 Å². The van der Waals surface area contributed by atoms with E-state index in [1.807, 2.05) is 31.7 Å². The first-order chi connectivity index (χ1) is 12.9. The number of pyridine rings is 1. The molecule has 0 saturated carbocycles. The minimum absolute atomic E-state index is 0.194. The number of amides is 1. The molecule has 0 fully saturated rings. The molecule has 140 valence electrons. The first-order valence-electron chi connectivity index (χ1n) is 7.90. The second kappa shape index (κ2) is 7.50. The van der Waals surface area contributed by atoms with E-state index in [4.69, 9.17) is 9.90 Å². The quantitative estimate of drug-likeness (QED) is 0.508. The Balaban J connectivity index is 0.000000659. The zero-order valence-corrected chi connectivity index (χ0v) is 15.7.